The maximum Gasteiger partial charge on any atom is 0.250 e. The molecule has 2 aromatic carbocycles. The molecule has 0 bridgehead atoms. The Morgan fingerprint density at radius 3 is 2.71 bits per heavy atom. The van der Waals surface area contributed by atoms with Gasteiger partial charge < -0.3 is 23.8 Å². The first kappa shape index (κ1) is 24.7. The molecule has 1 aliphatic carbocycles. The molecule has 1 aromatic heterocycles. The summed E-state index contributed by atoms with van der Waals surface area (Å²) in [5, 5.41) is 0. The van der Waals surface area contributed by atoms with E-state index in [1.54, 1.807) is 13.4 Å². The Morgan fingerprint density at radius 2 is 1.92 bits per heavy atom. The van der Waals surface area contributed by atoms with Gasteiger partial charge in [-0.25, -0.2) is 4.98 Å². The van der Waals surface area contributed by atoms with Crippen molar-refractivity contribution in [3.05, 3.63) is 76.9 Å². The summed E-state index contributed by atoms with van der Waals surface area (Å²) in [7, 11) is 1.68. The predicted octanol–water partition coefficient (Wildman–Crippen LogP) is 5.11. The van der Waals surface area contributed by atoms with Crippen LogP contribution in [-0.2, 0) is 16.0 Å². The first-order chi connectivity index (χ1) is 18.6. The van der Waals surface area contributed by atoms with Gasteiger partial charge in [-0.3, -0.25) is 4.79 Å². The number of nitrogens with zero attached hydrogens (tertiary/aromatic N) is 4. The largest absolute Gasteiger partial charge is 0.495 e. The van der Waals surface area contributed by atoms with Crippen LogP contribution in [0.2, 0.25) is 0 Å². The average Bonchev–Trinajstić information content (AvgIpc) is 3.40. The van der Waals surface area contributed by atoms with Gasteiger partial charge in [0.25, 0.3) is 0 Å². The van der Waals surface area contributed by atoms with Gasteiger partial charge in [0.2, 0.25) is 5.91 Å². The summed E-state index contributed by atoms with van der Waals surface area (Å²) in [4.78, 5) is 22.7. The first-order valence-electron chi connectivity index (χ1n) is 13.8. The van der Waals surface area contributed by atoms with Crippen LogP contribution >= 0.6 is 0 Å². The number of imidazole rings is 1. The van der Waals surface area contributed by atoms with Crippen molar-refractivity contribution < 1.29 is 14.3 Å². The van der Waals surface area contributed by atoms with Gasteiger partial charge in [0.05, 0.1) is 44.1 Å². The quantitative estimate of drug-likeness (QED) is 0.445. The van der Waals surface area contributed by atoms with Gasteiger partial charge >= 0.3 is 0 Å². The fourth-order valence-electron chi connectivity index (χ4n) is 6.12. The van der Waals surface area contributed by atoms with Crippen molar-refractivity contribution in [1.82, 2.24) is 14.5 Å². The van der Waals surface area contributed by atoms with E-state index in [1.807, 2.05) is 35.9 Å². The Balaban J connectivity index is 1.27. The minimum absolute atomic E-state index is 0.136. The molecule has 2 saturated heterocycles. The van der Waals surface area contributed by atoms with Gasteiger partial charge in [0, 0.05) is 37.1 Å². The molecular weight excluding hydrogens is 476 g/mol. The number of benzene rings is 2. The summed E-state index contributed by atoms with van der Waals surface area (Å²) in [5.41, 5.74) is 7.70. The normalized spacial score (nSPS) is 21.1. The number of piperidine rings is 1. The summed E-state index contributed by atoms with van der Waals surface area (Å²) < 4.78 is 13.2. The van der Waals surface area contributed by atoms with Crippen molar-refractivity contribution in [2.45, 2.75) is 45.1 Å². The number of aryl methyl sites for hydroxylation is 2. The van der Waals surface area contributed by atoms with Crippen molar-refractivity contribution in [2.75, 3.05) is 44.9 Å². The zero-order valence-corrected chi connectivity index (χ0v) is 22.4. The molecule has 38 heavy (non-hydrogen) atoms. The van der Waals surface area contributed by atoms with Gasteiger partial charge in [0.15, 0.2) is 0 Å². The van der Waals surface area contributed by atoms with E-state index < -0.39 is 0 Å². The molecular formula is C31H36N4O3. The summed E-state index contributed by atoms with van der Waals surface area (Å²) in [5.74, 6) is 0.924. The molecule has 3 aliphatic rings. The van der Waals surface area contributed by atoms with Crippen LogP contribution in [0.15, 0.2) is 54.5 Å². The Bertz CT molecular complexity index is 1350. The molecule has 2 fully saturated rings. The SMILES string of the molecule is COc1cc(C=C2CCCN(C3CCCc4ccc(N5CCOCC5)cc43)C2=O)ccc1-n1cnc(C)c1. The molecule has 0 N–H and O–H groups in total. The lowest BCUT2D eigenvalue weighted by Crippen LogP contribution is -2.41. The number of amides is 1. The van der Waals surface area contributed by atoms with E-state index in [4.69, 9.17) is 9.47 Å². The van der Waals surface area contributed by atoms with Gasteiger partial charge in [0.1, 0.15) is 5.75 Å². The van der Waals surface area contributed by atoms with Crippen molar-refractivity contribution in [3.8, 4) is 11.4 Å². The molecule has 7 nitrogen and oxygen atoms in total. The standard InChI is InChI=1S/C31H36N4O3/c1-22-20-34(21-32-22)29-11-8-23(18-30(29)37-2)17-25-6-4-12-35(31(25)36)28-7-3-5-24-9-10-26(19-27(24)28)33-13-15-38-16-14-33/h8-11,17-21,28H,3-7,12-16H2,1-2H3. The van der Waals surface area contributed by atoms with Crippen LogP contribution in [0, 0.1) is 6.92 Å². The van der Waals surface area contributed by atoms with Crippen LogP contribution in [0.1, 0.15) is 54.1 Å². The van der Waals surface area contributed by atoms with E-state index in [0.29, 0.717) is 0 Å². The molecule has 1 atom stereocenters. The molecule has 1 unspecified atom stereocenters. The first-order valence-corrected chi connectivity index (χ1v) is 13.8. The van der Waals surface area contributed by atoms with E-state index in [2.05, 4.69) is 39.0 Å². The zero-order valence-electron chi connectivity index (χ0n) is 22.4. The summed E-state index contributed by atoms with van der Waals surface area (Å²) in [6.45, 7) is 6.16. The molecule has 0 radical (unpaired) electrons. The molecule has 3 aromatic rings. The zero-order chi connectivity index (χ0) is 26.1. The van der Waals surface area contributed by atoms with Crippen molar-refractivity contribution in [3.63, 3.8) is 0 Å². The van der Waals surface area contributed by atoms with E-state index in [0.717, 1.165) is 93.2 Å². The van der Waals surface area contributed by atoms with Crippen molar-refractivity contribution in [1.29, 1.82) is 0 Å². The van der Waals surface area contributed by atoms with E-state index >= 15 is 0 Å². The van der Waals surface area contributed by atoms with Crippen molar-refractivity contribution >= 4 is 17.7 Å². The van der Waals surface area contributed by atoms with Gasteiger partial charge in [-0.05, 0) is 86.1 Å². The number of carbonyl (C=O) groups is 1. The second kappa shape index (κ2) is 10.7. The van der Waals surface area contributed by atoms with Crippen LogP contribution in [0.5, 0.6) is 5.75 Å². The lowest BCUT2D eigenvalue weighted by molar-refractivity contribution is -0.131. The van der Waals surface area contributed by atoms with Crippen LogP contribution in [0.25, 0.3) is 11.8 Å². The highest BCUT2D eigenvalue weighted by molar-refractivity contribution is 5.99. The lowest BCUT2D eigenvalue weighted by atomic mass is 9.85. The fourth-order valence-corrected chi connectivity index (χ4v) is 6.12. The number of aromatic nitrogens is 2. The Hall–Kier alpha value is -3.58. The highest BCUT2D eigenvalue weighted by Gasteiger charge is 2.33. The monoisotopic (exact) mass is 512 g/mol. The highest BCUT2D eigenvalue weighted by atomic mass is 16.5. The van der Waals surface area contributed by atoms with Crippen LogP contribution < -0.4 is 9.64 Å². The summed E-state index contributed by atoms with van der Waals surface area (Å²) in [6, 6.07) is 13.1. The van der Waals surface area contributed by atoms with Gasteiger partial charge in [-0.2, -0.15) is 0 Å². The van der Waals surface area contributed by atoms with E-state index in [1.165, 1.54) is 16.8 Å². The fraction of sp³-hybridized carbons (Fsp3) is 0.419. The number of hydrogen-bond acceptors (Lipinski definition) is 5. The molecule has 3 heterocycles. The van der Waals surface area contributed by atoms with Crippen LogP contribution in [0.3, 0.4) is 0 Å². The Labute approximate surface area is 224 Å². The number of fused-ring (bicyclic) bond motifs is 1. The number of anilines is 1. The molecule has 7 heteroatoms. The number of methoxy groups -OCH3 is 1. The predicted molar refractivity (Wildman–Crippen MR) is 149 cm³/mol. The molecule has 6 rings (SSSR count). The van der Waals surface area contributed by atoms with E-state index in [9.17, 15) is 4.79 Å². The Morgan fingerprint density at radius 1 is 1.05 bits per heavy atom. The molecule has 0 saturated carbocycles. The molecule has 2 aliphatic heterocycles. The minimum atomic E-state index is 0.136. The summed E-state index contributed by atoms with van der Waals surface area (Å²) >= 11 is 0. The van der Waals surface area contributed by atoms with Gasteiger partial charge in [-0.15, -0.1) is 0 Å². The second-order valence-corrected chi connectivity index (χ2v) is 10.5. The number of ether oxygens (including phenoxy) is 2. The molecule has 0 spiro atoms. The average molecular weight is 513 g/mol. The molecule has 1 amide bonds. The maximum atomic E-state index is 13.9. The third kappa shape index (κ3) is 4.83. The van der Waals surface area contributed by atoms with Gasteiger partial charge in [-0.1, -0.05) is 12.1 Å². The Kier molecular flexibility index (Phi) is 6.94. The lowest BCUT2D eigenvalue weighted by Gasteiger charge is -2.39. The number of rotatable bonds is 5. The number of likely N-dealkylation sites (tertiary alicyclic amines) is 1. The summed E-state index contributed by atoms with van der Waals surface area (Å²) in [6.07, 6.45) is 10.8. The highest BCUT2D eigenvalue weighted by Crippen LogP contribution is 2.39. The molecule has 198 valence electrons. The number of carbonyl (C=O) groups excluding carboxylic acids is 1. The third-order valence-corrected chi connectivity index (χ3v) is 8.08. The number of hydrogen-bond donors (Lipinski definition) is 0. The topological polar surface area (TPSA) is 59.8 Å². The van der Waals surface area contributed by atoms with E-state index in [-0.39, 0.29) is 11.9 Å². The number of morpholine rings is 1. The van der Waals surface area contributed by atoms with Crippen molar-refractivity contribution in [2.24, 2.45) is 0 Å². The second-order valence-electron chi connectivity index (χ2n) is 10.5. The van der Waals surface area contributed by atoms with Crippen LogP contribution in [0.4, 0.5) is 5.69 Å². The smallest absolute Gasteiger partial charge is 0.250 e. The minimum Gasteiger partial charge on any atom is -0.495 e. The third-order valence-electron chi connectivity index (χ3n) is 8.08. The van der Waals surface area contributed by atoms with Crippen LogP contribution in [-0.4, -0.2) is 60.3 Å². The maximum absolute atomic E-state index is 13.9.